The number of anilines is 1. The zero-order valence-corrected chi connectivity index (χ0v) is 19.3. The van der Waals surface area contributed by atoms with Crippen molar-refractivity contribution in [3.63, 3.8) is 0 Å². The van der Waals surface area contributed by atoms with Crippen LogP contribution in [0.2, 0.25) is 0 Å². The lowest BCUT2D eigenvalue weighted by molar-refractivity contribution is 0.102. The van der Waals surface area contributed by atoms with Gasteiger partial charge in [0.15, 0.2) is 0 Å². The van der Waals surface area contributed by atoms with Gasteiger partial charge in [0.1, 0.15) is 11.5 Å². The van der Waals surface area contributed by atoms with E-state index >= 15 is 0 Å². The first kappa shape index (κ1) is 24.8. The Hall–Kier alpha value is -2.49. The Bertz CT molecular complexity index is 742. The van der Waals surface area contributed by atoms with E-state index in [1.165, 1.54) is 51.4 Å². The average Bonchev–Trinajstić information content (AvgIpc) is 2.79. The van der Waals surface area contributed by atoms with Crippen molar-refractivity contribution >= 4 is 11.6 Å². The molecule has 0 atom stereocenters. The summed E-state index contributed by atoms with van der Waals surface area (Å²) in [6.07, 6.45) is 12.1. The van der Waals surface area contributed by atoms with E-state index in [-0.39, 0.29) is 5.91 Å². The van der Waals surface area contributed by atoms with Crippen molar-refractivity contribution in [1.82, 2.24) is 0 Å². The van der Waals surface area contributed by atoms with Crippen LogP contribution in [-0.2, 0) is 0 Å². The molecule has 0 radical (unpaired) electrons. The Morgan fingerprint density at radius 3 is 1.90 bits per heavy atom. The monoisotopic (exact) mass is 425 g/mol. The predicted molar refractivity (Wildman–Crippen MR) is 129 cm³/mol. The maximum absolute atomic E-state index is 12.6. The number of unbranched alkanes of at least 4 members (excludes halogenated alkanes) is 8. The number of hydrogen-bond donors (Lipinski definition) is 1. The summed E-state index contributed by atoms with van der Waals surface area (Å²) in [7, 11) is 0. The highest BCUT2D eigenvalue weighted by Crippen LogP contribution is 2.20. The van der Waals surface area contributed by atoms with Crippen LogP contribution in [0.15, 0.2) is 48.5 Å². The molecule has 0 spiro atoms. The smallest absolute Gasteiger partial charge is 0.255 e. The first-order valence-corrected chi connectivity index (χ1v) is 12.0. The second-order valence-corrected chi connectivity index (χ2v) is 8.03. The van der Waals surface area contributed by atoms with Crippen LogP contribution < -0.4 is 14.8 Å². The molecule has 0 bridgehead atoms. The maximum atomic E-state index is 12.6. The quantitative estimate of drug-likeness (QED) is 0.281. The summed E-state index contributed by atoms with van der Waals surface area (Å²) in [5.41, 5.74) is 1.35. The fourth-order valence-corrected chi connectivity index (χ4v) is 3.36. The molecular formula is C27H39NO3. The molecule has 0 aliphatic rings. The van der Waals surface area contributed by atoms with Crippen molar-refractivity contribution < 1.29 is 14.3 Å². The molecule has 2 aromatic rings. The van der Waals surface area contributed by atoms with Crippen LogP contribution in [0.1, 0.15) is 88.4 Å². The summed E-state index contributed by atoms with van der Waals surface area (Å²) >= 11 is 0. The van der Waals surface area contributed by atoms with Gasteiger partial charge in [0.05, 0.1) is 13.2 Å². The molecule has 0 saturated heterocycles. The molecule has 31 heavy (non-hydrogen) atoms. The Morgan fingerprint density at radius 2 is 1.29 bits per heavy atom. The standard InChI is InChI=1S/C27H39NO3/c1-3-5-7-9-11-20-30-25-18-16-23(17-19-25)27(29)28-24-14-13-15-26(22-24)31-21-12-10-8-6-4-2/h13-19,22H,3-12,20-21H2,1-2H3,(H,28,29). The topological polar surface area (TPSA) is 47.6 Å². The third kappa shape index (κ3) is 10.4. The molecule has 1 amide bonds. The molecule has 1 N–H and O–H groups in total. The van der Waals surface area contributed by atoms with Crippen molar-refractivity contribution in [2.45, 2.75) is 78.1 Å². The van der Waals surface area contributed by atoms with Gasteiger partial charge in [-0.25, -0.2) is 0 Å². The fraction of sp³-hybridized carbons (Fsp3) is 0.519. The maximum Gasteiger partial charge on any atom is 0.255 e. The molecule has 2 rings (SSSR count). The lowest BCUT2D eigenvalue weighted by Crippen LogP contribution is -2.12. The summed E-state index contributed by atoms with van der Waals surface area (Å²) in [6.45, 7) is 5.87. The number of carbonyl (C=O) groups is 1. The van der Waals surface area contributed by atoms with Gasteiger partial charge in [-0.1, -0.05) is 71.3 Å². The van der Waals surface area contributed by atoms with E-state index < -0.39 is 0 Å². The number of benzene rings is 2. The van der Waals surface area contributed by atoms with Gasteiger partial charge in [0.2, 0.25) is 0 Å². The molecule has 170 valence electrons. The number of ether oxygens (including phenoxy) is 2. The number of hydrogen-bond acceptors (Lipinski definition) is 3. The van der Waals surface area contributed by atoms with E-state index in [2.05, 4.69) is 19.2 Å². The predicted octanol–water partition coefficient (Wildman–Crippen LogP) is 7.64. The van der Waals surface area contributed by atoms with Gasteiger partial charge in [-0.2, -0.15) is 0 Å². The Kier molecular flexibility index (Phi) is 12.3. The normalized spacial score (nSPS) is 10.6. The fourth-order valence-electron chi connectivity index (χ4n) is 3.36. The molecule has 0 aliphatic heterocycles. The molecular weight excluding hydrogens is 386 g/mol. The van der Waals surface area contributed by atoms with Crippen molar-refractivity contribution in [3.8, 4) is 11.5 Å². The van der Waals surface area contributed by atoms with Crippen LogP contribution in [-0.4, -0.2) is 19.1 Å². The SMILES string of the molecule is CCCCCCCOc1ccc(C(=O)Nc2cccc(OCCCCCCC)c2)cc1. The molecule has 0 heterocycles. The molecule has 0 saturated carbocycles. The van der Waals surface area contributed by atoms with E-state index in [9.17, 15) is 4.79 Å². The largest absolute Gasteiger partial charge is 0.494 e. The Labute approximate surface area is 188 Å². The first-order chi connectivity index (χ1) is 15.2. The van der Waals surface area contributed by atoms with Crippen LogP contribution in [0.3, 0.4) is 0 Å². The second kappa shape index (κ2) is 15.3. The number of nitrogens with one attached hydrogen (secondary N) is 1. The lowest BCUT2D eigenvalue weighted by atomic mass is 10.1. The average molecular weight is 426 g/mol. The van der Waals surface area contributed by atoms with E-state index in [0.29, 0.717) is 12.2 Å². The second-order valence-electron chi connectivity index (χ2n) is 8.03. The van der Waals surface area contributed by atoms with Crippen molar-refractivity contribution in [1.29, 1.82) is 0 Å². The third-order valence-corrected chi connectivity index (χ3v) is 5.24. The van der Waals surface area contributed by atoms with E-state index in [4.69, 9.17) is 9.47 Å². The first-order valence-electron chi connectivity index (χ1n) is 12.0. The van der Waals surface area contributed by atoms with Gasteiger partial charge in [-0.05, 0) is 49.2 Å². The van der Waals surface area contributed by atoms with Crippen molar-refractivity contribution in [3.05, 3.63) is 54.1 Å². The van der Waals surface area contributed by atoms with E-state index in [1.54, 1.807) is 12.1 Å². The minimum Gasteiger partial charge on any atom is -0.494 e. The van der Waals surface area contributed by atoms with Crippen LogP contribution in [0.5, 0.6) is 11.5 Å². The van der Waals surface area contributed by atoms with E-state index in [0.717, 1.165) is 36.6 Å². The Morgan fingerprint density at radius 1 is 0.710 bits per heavy atom. The lowest BCUT2D eigenvalue weighted by Gasteiger charge is -2.10. The van der Waals surface area contributed by atoms with Crippen LogP contribution in [0, 0.1) is 0 Å². The molecule has 0 aromatic heterocycles. The third-order valence-electron chi connectivity index (χ3n) is 5.24. The number of rotatable bonds is 16. The number of carbonyl (C=O) groups excluding carboxylic acids is 1. The number of amides is 1. The van der Waals surface area contributed by atoms with Gasteiger partial charge in [0.25, 0.3) is 5.91 Å². The van der Waals surface area contributed by atoms with Gasteiger partial charge in [0, 0.05) is 17.3 Å². The molecule has 0 fully saturated rings. The molecule has 0 unspecified atom stereocenters. The highest BCUT2D eigenvalue weighted by Gasteiger charge is 2.07. The molecule has 2 aromatic carbocycles. The highest BCUT2D eigenvalue weighted by molar-refractivity contribution is 6.04. The minimum atomic E-state index is -0.136. The summed E-state index contributed by atoms with van der Waals surface area (Å²) in [6, 6.07) is 14.9. The molecule has 4 nitrogen and oxygen atoms in total. The van der Waals surface area contributed by atoms with Crippen molar-refractivity contribution in [2.75, 3.05) is 18.5 Å². The van der Waals surface area contributed by atoms with Crippen LogP contribution in [0.25, 0.3) is 0 Å². The van der Waals surface area contributed by atoms with Gasteiger partial charge in [-0.15, -0.1) is 0 Å². The Balaban J connectivity index is 1.74. The summed E-state index contributed by atoms with van der Waals surface area (Å²) in [4.78, 5) is 12.6. The van der Waals surface area contributed by atoms with Gasteiger partial charge < -0.3 is 14.8 Å². The van der Waals surface area contributed by atoms with Crippen LogP contribution >= 0.6 is 0 Å². The molecule has 0 aliphatic carbocycles. The summed E-state index contributed by atoms with van der Waals surface area (Å²) in [5, 5.41) is 2.95. The van der Waals surface area contributed by atoms with Gasteiger partial charge >= 0.3 is 0 Å². The summed E-state index contributed by atoms with van der Waals surface area (Å²) < 4.78 is 11.6. The zero-order chi connectivity index (χ0) is 22.2. The van der Waals surface area contributed by atoms with Gasteiger partial charge in [-0.3, -0.25) is 4.79 Å². The van der Waals surface area contributed by atoms with Crippen LogP contribution in [0.4, 0.5) is 5.69 Å². The zero-order valence-electron chi connectivity index (χ0n) is 19.3. The van der Waals surface area contributed by atoms with Crippen molar-refractivity contribution in [2.24, 2.45) is 0 Å². The van der Waals surface area contributed by atoms with E-state index in [1.807, 2.05) is 36.4 Å². The summed E-state index contributed by atoms with van der Waals surface area (Å²) in [5.74, 6) is 1.46. The highest BCUT2D eigenvalue weighted by atomic mass is 16.5. The molecule has 4 heteroatoms. The minimum absolute atomic E-state index is 0.136.